The number of halogens is 1. The van der Waals surface area contributed by atoms with Gasteiger partial charge in [-0.2, -0.15) is 8.42 Å². The van der Waals surface area contributed by atoms with E-state index in [-0.39, 0.29) is 11.7 Å². The van der Waals surface area contributed by atoms with Crippen LogP contribution < -0.4 is 9.08 Å². The van der Waals surface area contributed by atoms with Crippen LogP contribution in [0.25, 0.3) is 0 Å². The van der Waals surface area contributed by atoms with E-state index in [1.807, 2.05) is 0 Å². The van der Waals surface area contributed by atoms with Crippen LogP contribution in [0.5, 0.6) is 5.75 Å². The molecule has 6 nitrogen and oxygen atoms in total. The molecule has 1 saturated heterocycles. The molecule has 0 unspecified atom stereocenters. The van der Waals surface area contributed by atoms with Crippen LogP contribution in [0.4, 0.5) is 9.57 Å². The van der Waals surface area contributed by atoms with E-state index < -0.39 is 10.5 Å². The van der Waals surface area contributed by atoms with Gasteiger partial charge in [0, 0.05) is 38.8 Å². The molecule has 1 aromatic rings. The molecule has 110 valence electrons. The van der Waals surface area contributed by atoms with Crippen LogP contribution in [-0.4, -0.2) is 45.4 Å². The van der Waals surface area contributed by atoms with E-state index in [1.165, 1.54) is 12.1 Å². The number of nitrogens with zero attached hydrogens (tertiary/aromatic N) is 2. The quantitative estimate of drug-likeness (QED) is 0.778. The highest BCUT2D eigenvalue weighted by Gasteiger charge is 2.19. The molecule has 1 aromatic carbocycles. The fraction of sp³-hybridized carbons (Fsp3) is 0.417. The van der Waals surface area contributed by atoms with E-state index in [0.717, 1.165) is 5.69 Å². The van der Waals surface area contributed by atoms with Gasteiger partial charge in [-0.25, -0.2) is 0 Å². The highest BCUT2D eigenvalue weighted by atomic mass is 32.3. The maximum atomic E-state index is 12.4. The van der Waals surface area contributed by atoms with Crippen molar-refractivity contribution in [3.63, 3.8) is 0 Å². The molecule has 1 fully saturated rings. The van der Waals surface area contributed by atoms with Gasteiger partial charge in [-0.1, -0.05) is 3.89 Å². The van der Waals surface area contributed by atoms with Gasteiger partial charge in [-0.15, -0.1) is 0 Å². The summed E-state index contributed by atoms with van der Waals surface area (Å²) in [4.78, 5) is 15.0. The second kappa shape index (κ2) is 5.66. The Bertz CT molecular complexity index is 580. The average molecular weight is 302 g/mol. The van der Waals surface area contributed by atoms with Crippen molar-refractivity contribution < 1.29 is 21.3 Å². The van der Waals surface area contributed by atoms with Gasteiger partial charge in [0.25, 0.3) is 0 Å². The first-order chi connectivity index (χ1) is 9.35. The smallest absolute Gasteiger partial charge is 0.368 e. The lowest BCUT2D eigenvalue weighted by atomic mass is 10.2. The number of rotatable bonds is 3. The summed E-state index contributed by atoms with van der Waals surface area (Å²) in [6.45, 7) is 4.22. The molecular formula is C12H15FN2O4S. The lowest BCUT2D eigenvalue weighted by molar-refractivity contribution is -0.129. The maximum absolute atomic E-state index is 12.4. The topological polar surface area (TPSA) is 66.9 Å². The van der Waals surface area contributed by atoms with Gasteiger partial charge in [0.05, 0.1) is 0 Å². The molecule has 0 atom stereocenters. The number of carbonyl (C=O) groups excluding carboxylic acids is 1. The maximum Gasteiger partial charge on any atom is 0.488 e. The molecule has 0 spiro atoms. The van der Waals surface area contributed by atoms with Crippen molar-refractivity contribution in [2.75, 3.05) is 31.1 Å². The second-order valence-corrected chi connectivity index (χ2v) is 5.42. The van der Waals surface area contributed by atoms with Crippen molar-refractivity contribution in [2.24, 2.45) is 0 Å². The summed E-state index contributed by atoms with van der Waals surface area (Å²) >= 11 is 0. The van der Waals surface area contributed by atoms with Crippen molar-refractivity contribution in [2.45, 2.75) is 6.92 Å². The molecule has 0 aromatic heterocycles. The van der Waals surface area contributed by atoms with E-state index in [2.05, 4.69) is 9.08 Å². The number of benzene rings is 1. The normalized spacial score (nSPS) is 16.1. The first-order valence-electron chi connectivity index (χ1n) is 6.10. The van der Waals surface area contributed by atoms with Gasteiger partial charge in [0.2, 0.25) is 5.91 Å². The summed E-state index contributed by atoms with van der Waals surface area (Å²) in [7, 11) is -4.99. The molecule has 2 rings (SSSR count). The van der Waals surface area contributed by atoms with E-state index in [1.54, 1.807) is 24.0 Å². The first kappa shape index (κ1) is 14.6. The molecule has 0 radical (unpaired) electrons. The Labute approximate surface area is 117 Å². The molecule has 1 aliphatic rings. The Hall–Kier alpha value is -1.83. The van der Waals surface area contributed by atoms with Crippen molar-refractivity contribution in [3.05, 3.63) is 24.3 Å². The summed E-state index contributed by atoms with van der Waals surface area (Å²) < 4.78 is 37.2. The third-order valence-corrected chi connectivity index (χ3v) is 3.51. The highest BCUT2D eigenvalue weighted by molar-refractivity contribution is 7.81. The van der Waals surface area contributed by atoms with Crippen molar-refractivity contribution >= 4 is 22.1 Å². The molecule has 1 aliphatic heterocycles. The van der Waals surface area contributed by atoms with Gasteiger partial charge < -0.3 is 14.0 Å². The first-order valence-corrected chi connectivity index (χ1v) is 7.40. The lowest BCUT2D eigenvalue weighted by Gasteiger charge is -2.35. The largest absolute Gasteiger partial charge is 0.488 e. The molecule has 0 aliphatic carbocycles. The number of carbonyl (C=O) groups is 1. The SMILES string of the molecule is CC(=O)N1CCN(c2ccc(OS(=O)(=O)F)cc2)CC1. The van der Waals surface area contributed by atoms with Crippen molar-refractivity contribution in [1.82, 2.24) is 4.90 Å². The zero-order valence-electron chi connectivity index (χ0n) is 11.0. The van der Waals surface area contributed by atoms with E-state index >= 15 is 0 Å². The van der Waals surface area contributed by atoms with Gasteiger partial charge in [-0.05, 0) is 24.3 Å². The van der Waals surface area contributed by atoms with Gasteiger partial charge in [0.1, 0.15) is 5.75 Å². The number of hydrogen-bond acceptors (Lipinski definition) is 5. The zero-order chi connectivity index (χ0) is 14.8. The third kappa shape index (κ3) is 3.83. The molecule has 0 bridgehead atoms. The number of piperazine rings is 1. The Morgan fingerprint density at radius 3 is 2.15 bits per heavy atom. The minimum absolute atomic E-state index is 0.0570. The summed E-state index contributed by atoms with van der Waals surface area (Å²) in [5, 5.41) is 0. The predicted octanol–water partition coefficient (Wildman–Crippen LogP) is 0.948. The number of anilines is 1. The van der Waals surface area contributed by atoms with Crippen LogP contribution in [0.15, 0.2) is 24.3 Å². The van der Waals surface area contributed by atoms with Gasteiger partial charge in [0.15, 0.2) is 0 Å². The zero-order valence-corrected chi connectivity index (χ0v) is 11.8. The predicted molar refractivity (Wildman–Crippen MR) is 71.6 cm³/mol. The number of hydrogen-bond donors (Lipinski definition) is 0. The van der Waals surface area contributed by atoms with Crippen molar-refractivity contribution in [3.8, 4) is 5.75 Å². The summed E-state index contributed by atoms with van der Waals surface area (Å²) in [5.41, 5.74) is 0.872. The summed E-state index contributed by atoms with van der Waals surface area (Å²) in [5.74, 6) is -0.0137. The fourth-order valence-electron chi connectivity index (χ4n) is 2.11. The van der Waals surface area contributed by atoms with Crippen LogP contribution in [-0.2, 0) is 15.3 Å². The highest BCUT2D eigenvalue weighted by Crippen LogP contribution is 2.22. The Kier molecular flexibility index (Phi) is 4.12. The molecule has 0 N–H and O–H groups in total. The van der Waals surface area contributed by atoms with Crippen molar-refractivity contribution in [1.29, 1.82) is 0 Å². The van der Waals surface area contributed by atoms with Gasteiger partial charge >= 0.3 is 10.5 Å². The summed E-state index contributed by atoms with van der Waals surface area (Å²) in [6.07, 6.45) is 0. The average Bonchev–Trinajstić information content (AvgIpc) is 2.38. The number of amides is 1. The lowest BCUT2D eigenvalue weighted by Crippen LogP contribution is -2.48. The fourth-order valence-corrected chi connectivity index (χ4v) is 2.45. The van der Waals surface area contributed by atoms with Crippen LogP contribution >= 0.6 is 0 Å². The molecule has 0 saturated carbocycles. The minimum Gasteiger partial charge on any atom is -0.368 e. The second-order valence-electron chi connectivity index (χ2n) is 4.46. The van der Waals surface area contributed by atoms with Crippen LogP contribution in [0.3, 0.4) is 0 Å². The monoisotopic (exact) mass is 302 g/mol. The van der Waals surface area contributed by atoms with E-state index in [4.69, 9.17) is 0 Å². The minimum atomic E-state index is -4.99. The Morgan fingerprint density at radius 2 is 1.70 bits per heavy atom. The molecule has 8 heteroatoms. The summed E-state index contributed by atoms with van der Waals surface area (Å²) in [6, 6.07) is 6.10. The molecule has 1 heterocycles. The third-order valence-electron chi connectivity index (χ3n) is 3.12. The van der Waals surface area contributed by atoms with E-state index in [9.17, 15) is 17.1 Å². The van der Waals surface area contributed by atoms with Crippen LogP contribution in [0, 0.1) is 0 Å². The molecule has 1 amide bonds. The standard InChI is InChI=1S/C12H15FN2O4S/c1-10(16)14-6-8-15(9-7-14)11-2-4-12(5-3-11)19-20(13,17)18/h2-5H,6-9H2,1H3. The van der Waals surface area contributed by atoms with Gasteiger partial charge in [-0.3, -0.25) is 4.79 Å². The molecular weight excluding hydrogens is 287 g/mol. The van der Waals surface area contributed by atoms with Crippen LogP contribution in [0.2, 0.25) is 0 Å². The Morgan fingerprint density at radius 1 is 1.15 bits per heavy atom. The van der Waals surface area contributed by atoms with Crippen LogP contribution in [0.1, 0.15) is 6.92 Å². The van der Waals surface area contributed by atoms with E-state index in [0.29, 0.717) is 26.2 Å². The molecule has 20 heavy (non-hydrogen) atoms. The Balaban J connectivity index is 1.99.